The third-order valence-corrected chi connectivity index (χ3v) is 5.09. The number of carbonyl (C=O) groups excluding carboxylic acids is 1. The van der Waals surface area contributed by atoms with Crippen LogP contribution in [0.25, 0.3) is 0 Å². The number of hydrogen-bond donors (Lipinski definition) is 1. The molecule has 0 unspecified atom stereocenters. The quantitative estimate of drug-likeness (QED) is 0.424. The zero-order chi connectivity index (χ0) is 21.7. The lowest BCUT2D eigenvalue weighted by molar-refractivity contribution is -0.123. The van der Waals surface area contributed by atoms with Gasteiger partial charge >= 0.3 is 0 Å². The number of aromatic nitrogens is 2. The maximum Gasteiger partial charge on any atom is 0.277 e. The molecule has 0 radical (unpaired) electrons. The number of aryl methyl sites for hydroxylation is 3. The Bertz CT molecular complexity index is 1080. The molecule has 0 atom stereocenters. The van der Waals surface area contributed by atoms with E-state index in [4.69, 9.17) is 27.9 Å². The predicted octanol–water partition coefficient (Wildman–Crippen LogP) is 4.69. The summed E-state index contributed by atoms with van der Waals surface area (Å²) in [5.74, 6) is 0.311. The molecule has 1 N–H and O–H groups in total. The third kappa shape index (κ3) is 5.62. The summed E-state index contributed by atoms with van der Waals surface area (Å²) < 4.78 is 7.24. The Balaban J connectivity index is 1.59. The van der Waals surface area contributed by atoms with Gasteiger partial charge in [0, 0.05) is 5.02 Å². The molecule has 156 valence electrons. The van der Waals surface area contributed by atoms with Crippen LogP contribution in [0.4, 0.5) is 0 Å². The summed E-state index contributed by atoms with van der Waals surface area (Å²) in [7, 11) is 0. The molecule has 1 heterocycles. The summed E-state index contributed by atoms with van der Waals surface area (Å²) in [5.41, 5.74) is 6.85. The maximum atomic E-state index is 12.0. The van der Waals surface area contributed by atoms with Gasteiger partial charge in [0.15, 0.2) is 6.61 Å². The molecule has 8 heteroatoms. The van der Waals surface area contributed by atoms with Crippen molar-refractivity contribution in [1.82, 2.24) is 15.2 Å². The standard InChI is InChI=1S/C22H22Cl2N4O2/c1-14-4-5-15(2)20(10-14)30-13-21(29)26-25-11-19-16(3)27-28(22(19)24)12-17-6-8-18(23)9-7-17/h4-11H,12-13H2,1-3H3,(H,26,29)/b25-11-. The van der Waals surface area contributed by atoms with Crippen molar-refractivity contribution in [2.24, 2.45) is 5.10 Å². The van der Waals surface area contributed by atoms with Crippen LogP contribution < -0.4 is 10.2 Å². The van der Waals surface area contributed by atoms with E-state index >= 15 is 0 Å². The molecule has 0 fully saturated rings. The highest BCUT2D eigenvalue weighted by molar-refractivity contribution is 6.32. The molecular weight excluding hydrogens is 423 g/mol. The van der Waals surface area contributed by atoms with Crippen LogP contribution >= 0.6 is 23.2 Å². The Kier molecular flexibility index (Phi) is 7.13. The number of halogens is 2. The van der Waals surface area contributed by atoms with Crippen molar-refractivity contribution in [2.75, 3.05) is 6.61 Å². The second-order valence-electron chi connectivity index (χ2n) is 6.92. The van der Waals surface area contributed by atoms with Gasteiger partial charge in [-0.25, -0.2) is 10.1 Å². The van der Waals surface area contributed by atoms with Crippen LogP contribution in [-0.4, -0.2) is 28.5 Å². The van der Waals surface area contributed by atoms with Gasteiger partial charge in [0.2, 0.25) is 0 Å². The van der Waals surface area contributed by atoms with Crippen LogP contribution in [0.1, 0.15) is 27.9 Å². The second-order valence-corrected chi connectivity index (χ2v) is 7.72. The fraction of sp³-hybridized carbons (Fsp3) is 0.227. The Morgan fingerprint density at radius 1 is 1.17 bits per heavy atom. The molecule has 0 bridgehead atoms. The van der Waals surface area contributed by atoms with E-state index in [2.05, 4.69) is 15.6 Å². The number of carbonyl (C=O) groups is 1. The van der Waals surface area contributed by atoms with Gasteiger partial charge in [0.1, 0.15) is 10.9 Å². The Labute approximate surface area is 185 Å². The van der Waals surface area contributed by atoms with Crippen LogP contribution in [-0.2, 0) is 11.3 Å². The zero-order valence-corrected chi connectivity index (χ0v) is 18.5. The van der Waals surface area contributed by atoms with Crippen LogP contribution in [0.3, 0.4) is 0 Å². The van der Waals surface area contributed by atoms with Gasteiger partial charge in [-0.15, -0.1) is 0 Å². The van der Waals surface area contributed by atoms with Gasteiger partial charge < -0.3 is 4.74 Å². The first kappa shape index (κ1) is 21.9. The number of nitrogens with one attached hydrogen (secondary N) is 1. The highest BCUT2D eigenvalue weighted by atomic mass is 35.5. The van der Waals surface area contributed by atoms with Crippen molar-refractivity contribution in [3.8, 4) is 5.75 Å². The first-order valence-electron chi connectivity index (χ1n) is 9.33. The summed E-state index contributed by atoms with van der Waals surface area (Å²) in [6, 6.07) is 13.3. The lowest BCUT2D eigenvalue weighted by atomic mass is 10.1. The number of hydrazone groups is 1. The maximum absolute atomic E-state index is 12.0. The van der Waals surface area contributed by atoms with Crippen molar-refractivity contribution in [1.29, 1.82) is 0 Å². The lowest BCUT2D eigenvalue weighted by Gasteiger charge is -2.08. The number of ether oxygens (including phenoxy) is 1. The van der Waals surface area contributed by atoms with E-state index in [1.165, 1.54) is 6.21 Å². The minimum Gasteiger partial charge on any atom is -0.483 e. The Hall–Kier alpha value is -2.83. The predicted molar refractivity (Wildman–Crippen MR) is 120 cm³/mol. The fourth-order valence-electron chi connectivity index (χ4n) is 2.79. The van der Waals surface area contributed by atoms with Gasteiger partial charge in [-0.2, -0.15) is 10.2 Å². The molecule has 30 heavy (non-hydrogen) atoms. The zero-order valence-electron chi connectivity index (χ0n) is 16.9. The van der Waals surface area contributed by atoms with Crippen molar-refractivity contribution in [3.05, 3.63) is 80.6 Å². The number of amides is 1. The molecule has 0 aliphatic carbocycles. The van der Waals surface area contributed by atoms with Gasteiger partial charge in [0.05, 0.1) is 24.0 Å². The molecular formula is C22H22Cl2N4O2. The molecule has 6 nitrogen and oxygen atoms in total. The summed E-state index contributed by atoms with van der Waals surface area (Å²) in [5, 5.41) is 9.54. The minimum absolute atomic E-state index is 0.135. The summed E-state index contributed by atoms with van der Waals surface area (Å²) >= 11 is 12.4. The number of nitrogens with zero attached hydrogens (tertiary/aromatic N) is 3. The first-order valence-corrected chi connectivity index (χ1v) is 10.1. The molecule has 0 saturated heterocycles. The van der Waals surface area contributed by atoms with Crippen LogP contribution in [0.15, 0.2) is 47.6 Å². The van der Waals surface area contributed by atoms with Gasteiger partial charge in [-0.1, -0.05) is 47.5 Å². The van der Waals surface area contributed by atoms with E-state index in [-0.39, 0.29) is 12.5 Å². The highest BCUT2D eigenvalue weighted by Crippen LogP contribution is 2.20. The van der Waals surface area contributed by atoms with E-state index in [0.717, 1.165) is 16.7 Å². The van der Waals surface area contributed by atoms with Crippen molar-refractivity contribution < 1.29 is 9.53 Å². The molecule has 2 aromatic carbocycles. The second kappa shape index (κ2) is 9.78. The summed E-state index contributed by atoms with van der Waals surface area (Å²) in [6.45, 7) is 6.09. The number of hydrogen-bond acceptors (Lipinski definition) is 4. The van der Waals surface area contributed by atoms with Crippen LogP contribution in [0.5, 0.6) is 5.75 Å². The minimum atomic E-state index is -0.366. The molecule has 0 aliphatic heterocycles. The van der Waals surface area contributed by atoms with E-state index in [1.807, 2.05) is 63.2 Å². The van der Waals surface area contributed by atoms with E-state index in [0.29, 0.717) is 33.7 Å². The highest BCUT2D eigenvalue weighted by Gasteiger charge is 2.12. The summed E-state index contributed by atoms with van der Waals surface area (Å²) in [4.78, 5) is 12.0. The van der Waals surface area contributed by atoms with E-state index in [9.17, 15) is 4.79 Å². The molecule has 1 amide bonds. The van der Waals surface area contributed by atoms with Crippen LogP contribution in [0, 0.1) is 20.8 Å². The molecule has 0 spiro atoms. The number of benzene rings is 2. The smallest absolute Gasteiger partial charge is 0.277 e. The Morgan fingerprint density at radius 3 is 2.63 bits per heavy atom. The van der Waals surface area contributed by atoms with Gasteiger partial charge in [0.25, 0.3) is 5.91 Å². The molecule has 3 rings (SSSR count). The average molecular weight is 445 g/mol. The van der Waals surface area contributed by atoms with Gasteiger partial charge in [-0.3, -0.25) is 4.79 Å². The van der Waals surface area contributed by atoms with Crippen LogP contribution in [0.2, 0.25) is 10.2 Å². The molecule has 1 aromatic heterocycles. The van der Waals surface area contributed by atoms with E-state index < -0.39 is 0 Å². The van der Waals surface area contributed by atoms with Crippen molar-refractivity contribution in [3.63, 3.8) is 0 Å². The first-order chi connectivity index (χ1) is 14.3. The average Bonchev–Trinajstić information content (AvgIpc) is 2.97. The molecule has 3 aromatic rings. The third-order valence-electron chi connectivity index (χ3n) is 4.44. The van der Waals surface area contributed by atoms with Crippen molar-refractivity contribution >= 4 is 35.3 Å². The summed E-state index contributed by atoms with van der Waals surface area (Å²) in [6.07, 6.45) is 1.48. The normalized spacial score (nSPS) is 11.1. The van der Waals surface area contributed by atoms with Gasteiger partial charge in [-0.05, 0) is 55.7 Å². The topological polar surface area (TPSA) is 68.5 Å². The molecule has 0 saturated carbocycles. The SMILES string of the molecule is Cc1ccc(C)c(OCC(=O)N/N=C\c2c(C)nn(Cc3ccc(Cl)cc3)c2Cl)c1. The van der Waals surface area contributed by atoms with E-state index in [1.54, 1.807) is 4.68 Å². The lowest BCUT2D eigenvalue weighted by Crippen LogP contribution is -2.24. The van der Waals surface area contributed by atoms with Crippen molar-refractivity contribution in [2.45, 2.75) is 27.3 Å². The monoisotopic (exact) mass is 444 g/mol. The largest absolute Gasteiger partial charge is 0.483 e. The number of rotatable bonds is 7. The Morgan fingerprint density at radius 2 is 1.90 bits per heavy atom. The molecule has 0 aliphatic rings. The fourth-order valence-corrected chi connectivity index (χ4v) is 3.20.